The quantitative estimate of drug-likeness (QED) is 0.587. The minimum atomic E-state index is -1.08. The molecular weight excluding hydrogens is 243 g/mol. The Labute approximate surface area is 130 Å². The molecule has 0 N–H and O–H groups in total. The number of hydrogen-bond acceptors (Lipinski definition) is 1. The Morgan fingerprint density at radius 1 is 1.11 bits per heavy atom. The van der Waals surface area contributed by atoms with E-state index in [1.165, 1.54) is 16.3 Å². The molecule has 2 aromatic rings. The van der Waals surface area contributed by atoms with Gasteiger partial charge in [0.05, 0.1) is 0 Å². The third-order valence-electron chi connectivity index (χ3n) is 2.99. The van der Waals surface area contributed by atoms with Gasteiger partial charge in [-0.25, -0.2) is 0 Å². The Kier molecular flexibility index (Phi) is 5.32. The summed E-state index contributed by atoms with van der Waals surface area (Å²) in [7, 11) is -1.08. The summed E-state index contributed by atoms with van der Waals surface area (Å²) in [5.41, 5.74) is 1.54. The molecule has 0 aromatic heterocycles. The minimum absolute atomic E-state index is 0. The summed E-state index contributed by atoms with van der Waals surface area (Å²) in [5.74, 6) is 0.912. The SMILES string of the molecule is C[SiH](C)Oc1[c-]ccc2cc(C(C)(C)C)ccc12.[Li+]. The maximum atomic E-state index is 5.94. The van der Waals surface area contributed by atoms with Gasteiger partial charge in [0.25, 0.3) is 0 Å². The number of hydrogen-bond donors (Lipinski definition) is 0. The zero-order chi connectivity index (χ0) is 13.3. The van der Waals surface area contributed by atoms with Crippen LogP contribution in [0.5, 0.6) is 5.75 Å². The van der Waals surface area contributed by atoms with Crippen LogP contribution in [-0.2, 0) is 5.41 Å². The maximum absolute atomic E-state index is 5.94. The topological polar surface area (TPSA) is 9.23 Å². The summed E-state index contributed by atoms with van der Waals surface area (Å²) in [6.45, 7) is 11.1. The summed E-state index contributed by atoms with van der Waals surface area (Å²) in [4.78, 5) is 0. The zero-order valence-electron chi connectivity index (χ0n) is 12.9. The van der Waals surface area contributed by atoms with Crippen LogP contribution < -0.4 is 23.3 Å². The third kappa shape index (κ3) is 3.89. The Bertz CT molecular complexity index is 558. The fourth-order valence-corrected chi connectivity index (χ4v) is 2.66. The average molecular weight is 264 g/mol. The van der Waals surface area contributed by atoms with Crippen molar-refractivity contribution in [3.63, 3.8) is 0 Å². The molecule has 1 nitrogen and oxygen atoms in total. The second-order valence-electron chi connectivity index (χ2n) is 6.03. The van der Waals surface area contributed by atoms with E-state index in [-0.39, 0.29) is 24.3 Å². The van der Waals surface area contributed by atoms with Gasteiger partial charge in [0.1, 0.15) is 0 Å². The number of benzene rings is 2. The van der Waals surface area contributed by atoms with E-state index in [4.69, 9.17) is 4.43 Å². The molecule has 0 bridgehead atoms. The molecule has 0 aliphatic carbocycles. The van der Waals surface area contributed by atoms with Crippen LogP contribution in [0.3, 0.4) is 0 Å². The fraction of sp³-hybridized carbons (Fsp3) is 0.375. The van der Waals surface area contributed by atoms with E-state index >= 15 is 0 Å². The predicted molar refractivity (Wildman–Crippen MR) is 81.0 cm³/mol. The molecule has 2 rings (SSSR count). The van der Waals surface area contributed by atoms with E-state index in [9.17, 15) is 0 Å². The van der Waals surface area contributed by atoms with Crippen molar-refractivity contribution in [2.45, 2.75) is 39.3 Å². The first-order valence-corrected chi connectivity index (χ1v) is 9.27. The van der Waals surface area contributed by atoms with Gasteiger partial charge in [-0.05, 0) is 29.8 Å². The van der Waals surface area contributed by atoms with Gasteiger partial charge in [0, 0.05) is 0 Å². The molecule has 0 fully saturated rings. The first kappa shape index (κ1) is 16.4. The summed E-state index contributed by atoms with van der Waals surface area (Å²) < 4.78 is 5.94. The molecule has 0 aliphatic rings. The van der Waals surface area contributed by atoms with Crippen LogP contribution in [0.1, 0.15) is 26.3 Å². The van der Waals surface area contributed by atoms with Gasteiger partial charge < -0.3 is 4.43 Å². The van der Waals surface area contributed by atoms with Crippen molar-refractivity contribution in [3.05, 3.63) is 42.0 Å². The van der Waals surface area contributed by atoms with Crippen molar-refractivity contribution in [1.82, 2.24) is 0 Å². The van der Waals surface area contributed by atoms with Crippen LogP contribution in [0.25, 0.3) is 10.8 Å². The molecule has 0 atom stereocenters. The van der Waals surface area contributed by atoms with Crippen molar-refractivity contribution in [2.75, 3.05) is 0 Å². The van der Waals surface area contributed by atoms with Gasteiger partial charge in [0.15, 0.2) is 0 Å². The van der Waals surface area contributed by atoms with Crippen molar-refractivity contribution in [1.29, 1.82) is 0 Å². The standard InChI is InChI=1S/C16H21OSi.Li/c1-16(2,3)13-9-10-14-12(11-13)7-6-8-15(14)17-18(4)5;/h6-7,9-11,18H,1-5H3;/q-1;+1. The number of rotatable bonds is 2. The number of fused-ring (bicyclic) bond motifs is 1. The predicted octanol–water partition coefficient (Wildman–Crippen LogP) is 1.30. The van der Waals surface area contributed by atoms with E-state index in [2.05, 4.69) is 64.2 Å². The van der Waals surface area contributed by atoms with E-state index in [1.54, 1.807) is 0 Å². The average Bonchev–Trinajstić information content (AvgIpc) is 2.27. The van der Waals surface area contributed by atoms with E-state index < -0.39 is 9.04 Å². The second kappa shape index (κ2) is 6.18. The molecule has 2 aromatic carbocycles. The molecule has 3 heteroatoms. The van der Waals surface area contributed by atoms with Gasteiger partial charge in [-0.2, -0.15) is 12.1 Å². The Balaban J connectivity index is 0.00000180. The van der Waals surface area contributed by atoms with Crippen molar-refractivity contribution in [2.24, 2.45) is 0 Å². The minimum Gasteiger partial charge on any atom is -0.567 e. The van der Waals surface area contributed by atoms with Gasteiger partial charge in [-0.15, -0.1) is 17.5 Å². The molecule has 96 valence electrons. The molecule has 0 heterocycles. The first-order valence-electron chi connectivity index (χ1n) is 6.49. The third-order valence-corrected chi connectivity index (χ3v) is 3.70. The van der Waals surface area contributed by atoms with Gasteiger partial charge in [-0.1, -0.05) is 38.3 Å². The Morgan fingerprint density at radius 3 is 2.37 bits per heavy atom. The Morgan fingerprint density at radius 2 is 1.79 bits per heavy atom. The molecular formula is C16H21LiOSi. The van der Waals surface area contributed by atoms with E-state index in [1.807, 2.05) is 6.07 Å². The summed E-state index contributed by atoms with van der Waals surface area (Å²) in [6.07, 6.45) is 0. The van der Waals surface area contributed by atoms with Crippen LogP contribution >= 0.6 is 0 Å². The van der Waals surface area contributed by atoms with Crippen LogP contribution in [0.4, 0.5) is 0 Å². The largest absolute Gasteiger partial charge is 1.00 e. The van der Waals surface area contributed by atoms with E-state index in [0.717, 1.165) is 5.75 Å². The molecule has 0 amide bonds. The fourth-order valence-electron chi connectivity index (χ4n) is 1.99. The van der Waals surface area contributed by atoms with Gasteiger partial charge >= 0.3 is 18.9 Å². The zero-order valence-corrected chi connectivity index (χ0v) is 14.0. The monoisotopic (exact) mass is 264 g/mol. The van der Waals surface area contributed by atoms with Crippen LogP contribution in [-0.4, -0.2) is 9.04 Å². The molecule has 0 saturated carbocycles. The second-order valence-corrected chi connectivity index (χ2v) is 8.36. The smallest absolute Gasteiger partial charge is 0.567 e. The van der Waals surface area contributed by atoms with Gasteiger partial charge in [0.2, 0.25) is 9.04 Å². The van der Waals surface area contributed by atoms with Crippen molar-refractivity contribution < 1.29 is 23.3 Å². The van der Waals surface area contributed by atoms with Crippen LogP contribution in [0.15, 0.2) is 30.3 Å². The molecule has 19 heavy (non-hydrogen) atoms. The van der Waals surface area contributed by atoms with Crippen LogP contribution in [0, 0.1) is 6.07 Å². The summed E-state index contributed by atoms with van der Waals surface area (Å²) >= 11 is 0. The maximum Gasteiger partial charge on any atom is 1.00 e. The molecule has 0 saturated heterocycles. The molecule has 0 aliphatic heterocycles. The normalized spacial score (nSPS) is 11.5. The van der Waals surface area contributed by atoms with E-state index in [0.29, 0.717) is 0 Å². The first-order chi connectivity index (χ1) is 8.38. The van der Waals surface area contributed by atoms with Crippen molar-refractivity contribution in [3.8, 4) is 5.75 Å². The summed E-state index contributed by atoms with van der Waals surface area (Å²) in [5, 5.41) is 2.41. The van der Waals surface area contributed by atoms with Crippen molar-refractivity contribution >= 4 is 19.8 Å². The van der Waals surface area contributed by atoms with Gasteiger partial charge in [-0.3, -0.25) is 0 Å². The summed E-state index contributed by atoms with van der Waals surface area (Å²) in [6, 6.07) is 13.9. The molecule has 0 spiro atoms. The molecule has 0 radical (unpaired) electrons. The molecule has 0 unspecified atom stereocenters. The Hall–Kier alpha value is -0.686. The van der Waals surface area contributed by atoms with Crippen LogP contribution in [0.2, 0.25) is 13.1 Å².